The molecule has 0 saturated heterocycles. The molecule has 34 heavy (non-hydrogen) atoms. The molecule has 3 aromatic carbocycles. The molecule has 170 valence electrons. The molecule has 0 radical (unpaired) electrons. The maximum Gasteiger partial charge on any atom is 0.339 e. The van der Waals surface area contributed by atoms with Crippen LogP contribution in [0, 0.1) is 30.3 Å². The second-order valence-electron chi connectivity index (χ2n) is 7.36. The molecule has 1 atom stereocenters. The molecule has 0 heterocycles. The molecule has 0 fully saturated rings. The largest absolute Gasteiger partial charge is 0.454 e. The Morgan fingerprint density at radius 2 is 1.38 bits per heavy atom. The summed E-state index contributed by atoms with van der Waals surface area (Å²) in [5.74, 6) is -1.96. The topological polar surface area (TPSA) is 173 Å². The molecule has 0 N–H and O–H groups in total. The van der Waals surface area contributed by atoms with Crippen LogP contribution in [0.4, 0.5) is 17.1 Å². The van der Waals surface area contributed by atoms with Gasteiger partial charge >= 0.3 is 5.97 Å². The highest BCUT2D eigenvalue weighted by Gasteiger charge is 2.40. The average Bonchev–Trinajstić information content (AvgIpc) is 3.10. The number of nitrogens with zero attached hydrogens (tertiary/aromatic N) is 3. The molecular weight excluding hydrogens is 450 g/mol. The van der Waals surface area contributed by atoms with E-state index in [2.05, 4.69) is 0 Å². The Kier molecular flexibility index (Phi) is 5.33. The van der Waals surface area contributed by atoms with Gasteiger partial charge in [0.1, 0.15) is 6.10 Å². The van der Waals surface area contributed by atoms with Crippen LogP contribution in [0.1, 0.15) is 44.9 Å². The minimum atomic E-state index is -1.05. The molecule has 4 rings (SSSR count). The zero-order valence-electron chi connectivity index (χ0n) is 17.3. The number of carbonyl (C=O) groups excluding carboxylic acids is 2. The predicted octanol–water partition coefficient (Wildman–Crippen LogP) is 4.54. The van der Waals surface area contributed by atoms with E-state index in [1.807, 2.05) is 0 Å². The van der Waals surface area contributed by atoms with E-state index in [-0.39, 0.29) is 16.7 Å². The molecule has 12 nitrogen and oxygen atoms in total. The van der Waals surface area contributed by atoms with Crippen molar-refractivity contribution in [1.82, 2.24) is 0 Å². The second-order valence-corrected chi connectivity index (χ2v) is 7.36. The lowest BCUT2D eigenvalue weighted by Gasteiger charge is -2.15. The molecule has 3 aromatic rings. The lowest BCUT2D eigenvalue weighted by atomic mass is 9.97. The molecule has 0 bridgehead atoms. The summed E-state index contributed by atoms with van der Waals surface area (Å²) in [5.41, 5.74) is -3.24. The van der Waals surface area contributed by atoms with Gasteiger partial charge in [-0.15, -0.1) is 0 Å². The number of esters is 1. The van der Waals surface area contributed by atoms with Gasteiger partial charge in [-0.05, 0) is 12.5 Å². The Balaban J connectivity index is 1.94. The van der Waals surface area contributed by atoms with Crippen LogP contribution in [0.15, 0.2) is 54.6 Å². The summed E-state index contributed by atoms with van der Waals surface area (Å²) in [6.07, 6.45) is -0.785. The van der Waals surface area contributed by atoms with Gasteiger partial charge in [0.05, 0.1) is 32.0 Å². The van der Waals surface area contributed by atoms with Crippen molar-refractivity contribution in [1.29, 1.82) is 0 Å². The Morgan fingerprint density at radius 3 is 1.94 bits per heavy atom. The number of hydrogen-bond donors (Lipinski definition) is 0. The Bertz CT molecular complexity index is 1420. The van der Waals surface area contributed by atoms with E-state index < -0.39 is 60.8 Å². The van der Waals surface area contributed by atoms with Gasteiger partial charge in [0.2, 0.25) is 0 Å². The first-order valence-corrected chi connectivity index (χ1v) is 9.70. The smallest absolute Gasteiger partial charge is 0.339 e. The van der Waals surface area contributed by atoms with Crippen molar-refractivity contribution < 1.29 is 29.1 Å². The number of carbonyl (C=O) groups is 2. The average molecular weight is 463 g/mol. The van der Waals surface area contributed by atoms with Gasteiger partial charge in [0.25, 0.3) is 17.1 Å². The van der Waals surface area contributed by atoms with Crippen LogP contribution in [0.3, 0.4) is 0 Å². The highest BCUT2D eigenvalue weighted by Crippen LogP contribution is 2.47. The van der Waals surface area contributed by atoms with Crippen LogP contribution < -0.4 is 0 Å². The van der Waals surface area contributed by atoms with E-state index in [1.54, 1.807) is 37.3 Å². The number of non-ortho nitro benzene ring substituents is 2. The summed E-state index contributed by atoms with van der Waals surface area (Å²) in [4.78, 5) is 57.9. The van der Waals surface area contributed by atoms with Crippen molar-refractivity contribution in [3.63, 3.8) is 0 Å². The fourth-order valence-corrected chi connectivity index (χ4v) is 3.81. The lowest BCUT2D eigenvalue weighted by Crippen LogP contribution is -2.12. The molecular formula is C22H13N3O9. The molecule has 0 amide bonds. The van der Waals surface area contributed by atoms with E-state index in [1.165, 1.54) is 0 Å². The van der Waals surface area contributed by atoms with Gasteiger partial charge in [-0.2, -0.15) is 0 Å². The normalized spacial score (nSPS) is 12.4. The van der Waals surface area contributed by atoms with Crippen LogP contribution in [0.25, 0.3) is 11.1 Å². The fraction of sp³-hybridized carbons (Fsp3) is 0.0909. The van der Waals surface area contributed by atoms with Gasteiger partial charge in [-0.3, -0.25) is 35.1 Å². The summed E-state index contributed by atoms with van der Waals surface area (Å²) in [5, 5.41) is 34.4. The van der Waals surface area contributed by atoms with Crippen LogP contribution in [0.5, 0.6) is 0 Å². The molecule has 0 aromatic heterocycles. The fourth-order valence-electron chi connectivity index (χ4n) is 3.81. The maximum absolute atomic E-state index is 13.1. The van der Waals surface area contributed by atoms with Crippen molar-refractivity contribution in [3.05, 3.63) is 107 Å². The van der Waals surface area contributed by atoms with Crippen LogP contribution in [0.2, 0.25) is 0 Å². The van der Waals surface area contributed by atoms with E-state index in [0.717, 1.165) is 18.2 Å². The maximum atomic E-state index is 13.1. The SMILES string of the molecule is CC(OC(=O)c1cc([N+](=O)[O-])cc2c1-c1c(cc([N+](=O)[O-])cc1[N+](=O)[O-])C2=O)c1ccccc1. The molecule has 0 aliphatic heterocycles. The van der Waals surface area contributed by atoms with Crippen molar-refractivity contribution in [2.45, 2.75) is 13.0 Å². The molecule has 1 aliphatic carbocycles. The Morgan fingerprint density at radius 1 is 0.824 bits per heavy atom. The van der Waals surface area contributed by atoms with Gasteiger partial charge in [-0.25, -0.2) is 4.79 Å². The monoisotopic (exact) mass is 463 g/mol. The van der Waals surface area contributed by atoms with Gasteiger partial charge < -0.3 is 4.74 Å². The number of hydrogen-bond acceptors (Lipinski definition) is 9. The second kappa shape index (κ2) is 8.16. The third-order valence-electron chi connectivity index (χ3n) is 5.36. The quantitative estimate of drug-likeness (QED) is 0.226. The van der Waals surface area contributed by atoms with Crippen LogP contribution >= 0.6 is 0 Å². The van der Waals surface area contributed by atoms with E-state index in [9.17, 15) is 39.9 Å². The molecule has 12 heteroatoms. The van der Waals surface area contributed by atoms with Crippen molar-refractivity contribution in [2.24, 2.45) is 0 Å². The zero-order valence-corrected chi connectivity index (χ0v) is 17.3. The first-order chi connectivity index (χ1) is 16.1. The lowest BCUT2D eigenvalue weighted by molar-refractivity contribution is -0.393. The summed E-state index contributed by atoms with van der Waals surface area (Å²) in [7, 11) is 0. The van der Waals surface area contributed by atoms with Gasteiger partial charge in [0, 0.05) is 34.9 Å². The van der Waals surface area contributed by atoms with Crippen LogP contribution in [-0.4, -0.2) is 26.5 Å². The summed E-state index contributed by atoms with van der Waals surface area (Å²) in [6, 6.07) is 11.8. The molecule has 1 aliphatic rings. The predicted molar refractivity (Wildman–Crippen MR) is 116 cm³/mol. The number of ether oxygens (including phenoxy) is 1. The summed E-state index contributed by atoms with van der Waals surface area (Å²) in [6.45, 7) is 1.57. The number of ketones is 1. The Hall–Kier alpha value is -5.00. The standard InChI is InChI=1S/C22H13N3O9/c1-11(12-5-3-2-4-6-12)34-22(27)17-9-13(23(28)29)7-15-19(17)20-16(21(15)26)8-14(24(30)31)10-18(20)25(32)33/h2-11H,1H3. The summed E-state index contributed by atoms with van der Waals surface area (Å²) >= 11 is 0. The molecule has 0 saturated carbocycles. The van der Waals surface area contributed by atoms with Gasteiger partial charge in [-0.1, -0.05) is 30.3 Å². The van der Waals surface area contributed by atoms with E-state index in [0.29, 0.717) is 11.6 Å². The molecule has 0 spiro atoms. The van der Waals surface area contributed by atoms with Crippen LogP contribution in [-0.2, 0) is 4.74 Å². The highest BCUT2D eigenvalue weighted by atomic mass is 16.6. The number of rotatable bonds is 6. The first-order valence-electron chi connectivity index (χ1n) is 9.70. The number of benzene rings is 3. The van der Waals surface area contributed by atoms with Crippen molar-refractivity contribution >= 4 is 28.8 Å². The minimum absolute atomic E-state index is 0.238. The number of nitro groups is 3. The highest BCUT2D eigenvalue weighted by molar-refractivity contribution is 6.26. The van der Waals surface area contributed by atoms with Gasteiger partial charge in [0.15, 0.2) is 5.78 Å². The third-order valence-corrected chi connectivity index (χ3v) is 5.36. The Labute approximate surface area is 189 Å². The first kappa shape index (κ1) is 22.2. The number of nitro benzene ring substituents is 3. The van der Waals surface area contributed by atoms with Crippen molar-refractivity contribution in [3.8, 4) is 11.1 Å². The molecule has 1 unspecified atom stereocenters. The minimum Gasteiger partial charge on any atom is -0.454 e. The van der Waals surface area contributed by atoms with E-state index >= 15 is 0 Å². The van der Waals surface area contributed by atoms with E-state index in [4.69, 9.17) is 4.74 Å². The zero-order chi connectivity index (χ0) is 24.7. The third kappa shape index (κ3) is 3.62. The number of fused-ring (bicyclic) bond motifs is 3. The van der Waals surface area contributed by atoms with Crippen molar-refractivity contribution in [2.75, 3.05) is 0 Å². The summed E-state index contributed by atoms with van der Waals surface area (Å²) < 4.78 is 5.44.